The summed E-state index contributed by atoms with van der Waals surface area (Å²) in [6.07, 6.45) is -1.14. The van der Waals surface area contributed by atoms with Gasteiger partial charge < -0.3 is 25.0 Å². The lowest BCUT2D eigenvalue weighted by atomic mass is 9.91. The number of rotatable bonds is 8. The number of aliphatic hydroxyl groups excluding tert-OH is 1. The number of benzene rings is 3. The van der Waals surface area contributed by atoms with Gasteiger partial charge >= 0.3 is 5.97 Å². The number of carbonyl (C=O) groups is 2. The SMILES string of the molecule is CC(=O)Nc1ccc([C@H]2O[C@@H](CSc3ccccc3C(=O)O)[C@@H](C)[C@@H](c3ccc(CO)cc3)O2)cc1. The third-order valence-electron chi connectivity index (χ3n) is 6.15. The number of carboxylic acids is 1. The number of nitrogens with one attached hydrogen (secondary N) is 1. The lowest BCUT2D eigenvalue weighted by molar-refractivity contribution is -0.268. The van der Waals surface area contributed by atoms with Crippen LogP contribution in [0.2, 0.25) is 0 Å². The monoisotopic (exact) mass is 507 g/mol. The molecule has 0 unspecified atom stereocenters. The number of hydrogen-bond donors (Lipinski definition) is 3. The number of thioether (sulfide) groups is 1. The highest BCUT2D eigenvalue weighted by molar-refractivity contribution is 7.99. The van der Waals surface area contributed by atoms with Crippen LogP contribution in [-0.4, -0.2) is 33.9 Å². The minimum Gasteiger partial charge on any atom is -0.478 e. The first kappa shape index (κ1) is 25.9. The molecule has 0 bridgehead atoms. The topological polar surface area (TPSA) is 105 Å². The van der Waals surface area contributed by atoms with E-state index in [9.17, 15) is 19.8 Å². The second kappa shape index (κ2) is 11.7. The molecule has 0 aliphatic carbocycles. The van der Waals surface area contributed by atoms with Crippen LogP contribution in [-0.2, 0) is 20.9 Å². The summed E-state index contributed by atoms with van der Waals surface area (Å²) in [5.41, 5.74) is 3.56. The van der Waals surface area contributed by atoms with E-state index >= 15 is 0 Å². The first-order valence-electron chi connectivity index (χ1n) is 11.7. The van der Waals surface area contributed by atoms with Crippen LogP contribution < -0.4 is 5.32 Å². The van der Waals surface area contributed by atoms with Gasteiger partial charge in [0.05, 0.1) is 24.4 Å². The molecule has 7 nitrogen and oxygen atoms in total. The molecule has 3 aromatic rings. The highest BCUT2D eigenvalue weighted by Crippen LogP contribution is 2.43. The fourth-order valence-electron chi connectivity index (χ4n) is 4.18. The number of anilines is 1. The lowest BCUT2D eigenvalue weighted by Crippen LogP contribution is -2.38. The molecule has 0 saturated carbocycles. The van der Waals surface area contributed by atoms with Gasteiger partial charge in [0.2, 0.25) is 5.91 Å². The van der Waals surface area contributed by atoms with Crippen LogP contribution in [0.4, 0.5) is 5.69 Å². The Bertz CT molecular complexity index is 1200. The molecule has 1 saturated heterocycles. The molecule has 1 aliphatic heterocycles. The first-order valence-corrected chi connectivity index (χ1v) is 12.7. The normalized spacial score (nSPS) is 21.6. The van der Waals surface area contributed by atoms with E-state index in [0.29, 0.717) is 16.3 Å². The Labute approximate surface area is 214 Å². The fourth-order valence-corrected chi connectivity index (χ4v) is 5.39. The molecule has 36 heavy (non-hydrogen) atoms. The van der Waals surface area contributed by atoms with Gasteiger partial charge in [-0.15, -0.1) is 11.8 Å². The molecule has 1 fully saturated rings. The smallest absolute Gasteiger partial charge is 0.336 e. The highest BCUT2D eigenvalue weighted by atomic mass is 32.2. The van der Waals surface area contributed by atoms with Gasteiger partial charge in [-0.1, -0.05) is 55.5 Å². The van der Waals surface area contributed by atoms with Crippen molar-refractivity contribution < 1.29 is 29.3 Å². The number of carbonyl (C=O) groups excluding carboxylic acids is 1. The molecule has 1 amide bonds. The fraction of sp³-hybridized carbons (Fsp3) is 0.286. The minimum atomic E-state index is -0.960. The molecule has 3 N–H and O–H groups in total. The van der Waals surface area contributed by atoms with E-state index in [2.05, 4.69) is 12.2 Å². The van der Waals surface area contributed by atoms with Crippen molar-refractivity contribution in [1.29, 1.82) is 0 Å². The predicted molar refractivity (Wildman–Crippen MR) is 138 cm³/mol. The molecule has 4 rings (SSSR count). The van der Waals surface area contributed by atoms with E-state index in [1.165, 1.54) is 18.7 Å². The standard InChI is InChI=1S/C28H29NO6S/c1-17-24(16-36-25-6-4-3-5-23(25)27(32)33)34-28(21-11-13-22(14-12-21)29-18(2)31)35-26(17)20-9-7-19(15-30)8-10-20/h3-14,17,24,26,28,30H,15-16H2,1-2H3,(H,29,31)(H,32,33)/t17-,24+,26+,28+/m1/s1. The Kier molecular flexibility index (Phi) is 8.43. The maximum absolute atomic E-state index is 11.6. The number of amides is 1. The Morgan fingerprint density at radius 3 is 2.25 bits per heavy atom. The Balaban J connectivity index is 1.59. The van der Waals surface area contributed by atoms with E-state index in [-0.39, 0.29) is 36.2 Å². The van der Waals surface area contributed by atoms with Crippen molar-refractivity contribution in [3.63, 3.8) is 0 Å². The summed E-state index contributed by atoms with van der Waals surface area (Å²) in [7, 11) is 0. The molecule has 0 aromatic heterocycles. The van der Waals surface area contributed by atoms with Crippen LogP contribution in [0.1, 0.15) is 53.3 Å². The van der Waals surface area contributed by atoms with E-state index in [0.717, 1.165) is 16.7 Å². The van der Waals surface area contributed by atoms with Gasteiger partial charge in [-0.3, -0.25) is 4.79 Å². The van der Waals surface area contributed by atoms with Crippen LogP contribution >= 0.6 is 11.8 Å². The molecule has 188 valence electrons. The molecular weight excluding hydrogens is 478 g/mol. The van der Waals surface area contributed by atoms with Crippen molar-refractivity contribution in [1.82, 2.24) is 0 Å². The van der Waals surface area contributed by atoms with Crippen LogP contribution in [0.3, 0.4) is 0 Å². The summed E-state index contributed by atoms with van der Waals surface area (Å²) in [5.74, 6) is -0.588. The van der Waals surface area contributed by atoms with Crippen molar-refractivity contribution >= 4 is 29.3 Å². The van der Waals surface area contributed by atoms with Crippen molar-refractivity contribution in [3.05, 3.63) is 95.1 Å². The van der Waals surface area contributed by atoms with Crippen LogP contribution in [0.25, 0.3) is 0 Å². The zero-order chi connectivity index (χ0) is 25.7. The Morgan fingerprint density at radius 1 is 0.944 bits per heavy atom. The number of aromatic carboxylic acids is 1. The van der Waals surface area contributed by atoms with Gasteiger partial charge in [0, 0.05) is 34.7 Å². The molecule has 1 heterocycles. The largest absolute Gasteiger partial charge is 0.478 e. The van der Waals surface area contributed by atoms with Crippen molar-refractivity contribution in [2.24, 2.45) is 5.92 Å². The zero-order valence-electron chi connectivity index (χ0n) is 20.1. The molecular formula is C28H29NO6S. The number of aliphatic hydroxyl groups is 1. The average Bonchev–Trinajstić information content (AvgIpc) is 2.88. The summed E-state index contributed by atoms with van der Waals surface area (Å²) >= 11 is 1.45. The molecule has 0 radical (unpaired) electrons. The van der Waals surface area contributed by atoms with Crippen LogP contribution in [0, 0.1) is 5.92 Å². The maximum atomic E-state index is 11.6. The Hall–Kier alpha value is -3.17. The predicted octanol–water partition coefficient (Wildman–Crippen LogP) is 5.42. The quantitative estimate of drug-likeness (QED) is 0.350. The van der Waals surface area contributed by atoms with E-state index in [1.807, 2.05) is 42.5 Å². The summed E-state index contributed by atoms with van der Waals surface area (Å²) < 4.78 is 12.8. The van der Waals surface area contributed by atoms with Gasteiger partial charge in [-0.2, -0.15) is 0 Å². The van der Waals surface area contributed by atoms with Gasteiger partial charge in [0.25, 0.3) is 0 Å². The van der Waals surface area contributed by atoms with E-state index < -0.39 is 12.3 Å². The zero-order valence-corrected chi connectivity index (χ0v) is 20.9. The summed E-state index contributed by atoms with van der Waals surface area (Å²) in [6.45, 7) is 3.49. The lowest BCUT2D eigenvalue weighted by Gasteiger charge is -2.41. The van der Waals surface area contributed by atoms with Crippen LogP contribution in [0.15, 0.2) is 77.7 Å². The minimum absolute atomic E-state index is 0.0237. The third-order valence-corrected chi connectivity index (χ3v) is 7.31. The van der Waals surface area contributed by atoms with Gasteiger partial charge in [0.1, 0.15) is 0 Å². The van der Waals surface area contributed by atoms with Gasteiger partial charge in [0.15, 0.2) is 6.29 Å². The summed E-state index contributed by atoms with van der Waals surface area (Å²) in [6, 6.07) is 22.0. The summed E-state index contributed by atoms with van der Waals surface area (Å²) in [4.78, 5) is 23.7. The summed E-state index contributed by atoms with van der Waals surface area (Å²) in [5, 5.41) is 21.7. The van der Waals surface area contributed by atoms with Crippen molar-refractivity contribution in [2.45, 2.75) is 43.8 Å². The molecule has 0 spiro atoms. The molecule has 8 heteroatoms. The first-order chi connectivity index (χ1) is 17.4. The van der Waals surface area contributed by atoms with Crippen LogP contribution in [0.5, 0.6) is 0 Å². The number of carboxylic acid groups (broad SMARTS) is 1. The second-order valence-electron chi connectivity index (χ2n) is 8.74. The maximum Gasteiger partial charge on any atom is 0.336 e. The van der Waals surface area contributed by atoms with Crippen molar-refractivity contribution in [3.8, 4) is 0 Å². The molecule has 3 aromatic carbocycles. The number of ether oxygens (including phenoxy) is 2. The molecule has 4 atom stereocenters. The number of hydrogen-bond acceptors (Lipinski definition) is 6. The second-order valence-corrected chi connectivity index (χ2v) is 9.80. The van der Waals surface area contributed by atoms with Gasteiger partial charge in [-0.05, 0) is 35.4 Å². The van der Waals surface area contributed by atoms with E-state index in [1.54, 1.807) is 30.3 Å². The Morgan fingerprint density at radius 2 is 1.61 bits per heavy atom. The highest BCUT2D eigenvalue weighted by Gasteiger charge is 2.38. The van der Waals surface area contributed by atoms with Gasteiger partial charge in [-0.25, -0.2) is 4.79 Å². The molecule has 1 aliphatic rings. The third kappa shape index (κ3) is 6.14. The van der Waals surface area contributed by atoms with Crippen molar-refractivity contribution in [2.75, 3.05) is 11.1 Å². The van der Waals surface area contributed by atoms with E-state index in [4.69, 9.17) is 9.47 Å². The average molecular weight is 508 g/mol.